The van der Waals surface area contributed by atoms with E-state index in [4.69, 9.17) is 5.11 Å². The van der Waals surface area contributed by atoms with Gasteiger partial charge in [-0.3, -0.25) is 0 Å². The Morgan fingerprint density at radius 2 is 1.89 bits per heavy atom. The number of benzene rings is 2. The Labute approximate surface area is 115 Å². The van der Waals surface area contributed by atoms with E-state index in [1.807, 2.05) is 30.3 Å². The summed E-state index contributed by atoms with van der Waals surface area (Å²) in [6, 6.07) is 14.2. The molecule has 2 aromatic rings. The number of aryl methyl sites for hydroxylation is 1. The molecule has 98 valence electrons. The molecule has 0 saturated heterocycles. The fraction of sp³-hybridized carbons (Fsp3) is 0.133. The maximum atomic E-state index is 13.2. The Kier molecular flexibility index (Phi) is 4.58. The first-order valence-electron chi connectivity index (χ1n) is 5.86. The molecule has 0 aliphatic heterocycles. The third kappa shape index (κ3) is 3.83. The van der Waals surface area contributed by atoms with Crippen molar-refractivity contribution in [2.24, 2.45) is 0 Å². The van der Waals surface area contributed by atoms with Gasteiger partial charge in [0.05, 0.1) is 5.56 Å². The van der Waals surface area contributed by atoms with Gasteiger partial charge in [-0.05, 0) is 30.2 Å². The largest absolute Gasteiger partial charge is 0.478 e. The lowest BCUT2D eigenvalue weighted by molar-refractivity contribution is 0.0691. The zero-order valence-electron chi connectivity index (χ0n) is 10.2. The predicted octanol–water partition coefficient (Wildman–Crippen LogP) is 3.86. The van der Waals surface area contributed by atoms with E-state index >= 15 is 0 Å². The number of thioether (sulfide) groups is 1. The lowest BCUT2D eigenvalue weighted by atomic mass is 10.2. The van der Waals surface area contributed by atoms with Crippen LogP contribution in [0.2, 0.25) is 0 Å². The zero-order chi connectivity index (χ0) is 13.7. The van der Waals surface area contributed by atoms with Crippen LogP contribution in [0.4, 0.5) is 4.39 Å². The standard InChI is InChI=1S/C15H13FO2S/c16-14-7-6-12(10-13(14)15(17)18)19-9-8-11-4-2-1-3-5-11/h1-7,10H,8-9H2,(H,17,18). The molecule has 0 unspecified atom stereocenters. The molecule has 0 aliphatic rings. The third-order valence-electron chi connectivity index (χ3n) is 2.67. The van der Waals surface area contributed by atoms with Crippen molar-refractivity contribution in [1.82, 2.24) is 0 Å². The van der Waals surface area contributed by atoms with Crippen LogP contribution >= 0.6 is 11.8 Å². The SMILES string of the molecule is O=C(O)c1cc(SCCc2ccccc2)ccc1F. The second kappa shape index (κ2) is 6.38. The molecular weight excluding hydrogens is 263 g/mol. The number of hydrogen-bond acceptors (Lipinski definition) is 2. The second-order valence-electron chi connectivity index (χ2n) is 4.03. The molecule has 2 rings (SSSR count). The van der Waals surface area contributed by atoms with E-state index in [0.717, 1.165) is 17.1 Å². The van der Waals surface area contributed by atoms with Gasteiger partial charge >= 0.3 is 5.97 Å². The van der Waals surface area contributed by atoms with Crippen molar-refractivity contribution in [3.8, 4) is 0 Å². The first-order chi connectivity index (χ1) is 9.16. The van der Waals surface area contributed by atoms with Crippen LogP contribution in [0.15, 0.2) is 53.4 Å². The number of hydrogen-bond donors (Lipinski definition) is 1. The van der Waals surface area contributed by atoms with Gasteiger partial charge in [-0.1, -0.05) is 30.3 Å². The smallest absolute Gasteiger partial charge is 0.338 e. The van der Waals surface area contributed by atoms with Crippen molar-refractivity contribution in [3.05, 3.63) is 65.5 Å². The molecule has 0 heterocycles. The van der Waals surface area contributed by atoms with E-state index in [9.17, 15) is 9.18 Å². The van der Waals surface area contributed by atoms with E-state index in [-0.39, 0.29) is 5.56 Å². The van der Waals surface area contributed by atoms with Crippen molar-refractivity contribution in [3.63, 3.8) is 0 Å². The van der Waals surface area contributed by atoms with Gasteiger partial charge < -0.3 is 5.11 Å². The highest BCUT2D eigenvalue weighted by Crippen LogP contribution is 2.22. The third-order valence-corrected chi connectivity index (χ3v) is 3.67. The summed E-state index contributed by atoms with van der Waals surface area (Å²) in [6.07, 6.45) is 0.894. The van der Waals surface area contributed by atoms with Crippen molar-refractivity contribution >= 4 is 17.7 Å². The Bertz CT molecular complexity index is 570. The molecule has 2 nitrogen and oxygen atoms in total. The van der Waals surface area contributed by atoms with Crippen molar-refractivity contribution in [1.29, 1.82) is 0 Å². The lowest BCUT2D eigenvalue weighted by Crippen LogP contribution is -2.00. The fourth-order valence-corrected chi connectivity index (χ4v) is 2.63. The molecule has 0 bridgehead atoms. The van der Waals surface area contributed by atoms with E-state index in [1.165, 1.54) is 29.5 Å². The first-order valence-corrected chi connectivity index (χ1v) is 6.85. The first kappa shape index (κ1) is 13.6. The lowest BCUT2D eigenvalue weighted by Gasteiger charge is -2.04. The van der Waals surface area contributed by atoms with E-state index in [0.29, 0.717) is 0 Å². The minimum absolute atomic E-state index is 0.273. The molecule has 0 radical (unpaired) electrons. The Balaban J connectivity index is 1.97. The predicted molar refractivity (Wildman–Crippen MR) is 74.2 cm³/mol. The van der Waals surface area contributed by atoms with Crippen LogP contribution in [-0.4, -0.2) is 16.8 Å². The number of aromatic carboxylic acids is 1. The van der Waals surface area contributed by atoms with Crippen LogP contribution in [0, 0.1) is 5.82 Å². The number of carboxylic acid groups (broad SMARTS) is 1. The van der Waals surface area contributed by atoms with Crippen molar-refractivity contribution in [2.75, 3.05) is 5.75 Å². The molecule has 0 spiro atoms. The number of halogens is 1. The van der Waals surface area contributed by atoms with Crippen LogP contribution in [0.3, 0.4) is 0 Å². The minimum Gasteiger partial charge on any atom is -0.478 e. The maximum Gasteiger partial charge on any atom is 0.338 e. The summed E-state index contributed by atoms with van der Waals surface area (Å²) in [5, 5.41) is 8.84. The quantitative estimate of drug-likeness (QED) is 0.843. The van der Waals surface area contributed by atoms with Gasteiger partial charge in [-0.15, -0.1) is 11.8 Å². The second-order valence-corrected chi connectivity index (χ2v) is 5.20. The van der Waals surface area contributed by atoms with Crippen LogP contribution in [0.5, 0.6) is 0 Å². The molecule has 1 N–H and O–H groups in total. The summed E-state index contributed by atoms with van der Waals surface area (Å²) >= 11 is 1.53. The molecule has 0 atom stereocenters. The molecule has 19 heavy (non-hydrogen) atoms. The number of carbonyl (C=O) groups is 1. The van der Waals surface area contributed by atoms with Gasteiger partial charge in [0.2, 0.25) is 0 Å². The van der Waals surface area contributed by atoms with Crippen LogP contribution < -0.4 is 0 Å². The van der Waals surface area contributed by atoms with Crippen LogP contribution in [-0.2, 0) is 6.42 Å². The summed E-state index contributed by atoms with van der Waals surface area (Å²) in [5.41, 5.74) is 0.959. The molecule has 0 amide bonds. The maximum absolute atomic E-state index is 13.2. The van der Waals surface area contributed by atoms with Gasteiger partial charge in [0.15, 0.2) is 0 Å². The summed E-state index contributed by atoms with van der Waals surface area (Å²) in [7, 11) is 0. The average Bonchev–Trinajstić information content (AvgIpc) is 2.41. The number of rotatable bonds is 5. The van der Waals surface area contributed by atoms with E-state index < -0.39 is 11.8 Å². The molecule has 0 fully saturated rings. The van der Waals surface area contributed by atoms with Gasteiger partial charge in [0, 0.05) is 10.6 Å². The van der Waals surface area contributed by atoms with Gasteiger partial charge in [0.25, 0.3) is 0 Å². The zero-order valence-corrected chi connectivity index (χ0v) is 11.0. The molecule has 0 saturated carbocycles. The highest BCUT2D eigenvalue weighted by atomic mass is 32.2. The molecule has 0 aromatic heterocycles. The Morgan fingerprint density at radius 3 is 2.58 bits per heavy atom. The van der Waals surface area contributed by atoms with E-state index in [2.05, 4.69) is 0 Å². The molecule has 0 aliphatic carbocycles. The average molecular weight is 276 g/mol. The summed E-state index contributed by atoms with van der Waals surface area (Å²) in [4.78, 5) is 11.6. The summed E-state index contributed by atoms with van der Waals surface area (Å²) in [5.74, 6) is -1.10. The number of carboxylic acids is 1. The molecule has 2 aromatic carbocycles. The normalized spacial score (nSPS) is 10.4. The minimum atomic E-state index is -1.23. The monoisotopic (exact) mass is 276 g/mol. The van der Waals surface area contributed by atoms with Crippen molar-refractivity contribution in [2.45, 2.75) is 11.3 Å². The van der Waals surface area contributed by atoms with Crippen LogP contribution in [0.1, 0.15) is 15.9 Å². The van der Waals surface area contributed by atoms with Gasteiger partial charge in [-0.2, -0.15) is 0 Å². The Hall–Kier alpha value is -1.81. The van der Waals surface area contributed by atoms with Crippen LogP contribution in [0.25, 0.3) is 0 Å². The highest BCUT2D eigenvalue weighted by molar-refractivity contribution is 7.99. The van der Waals surface area contributed by atoms with Crippen molar-refractivity contribution < 1.29 is 14.3 Å². The highest BCUT2D eigenvalue weighted by Gasteiger charge is 2.10. The topological polar surface area (TPSA) is 37.3 Å². The van der Waals surface area contributed by atoms with E-state index in [1.54, 1.807) is 6.07 Å². The molecular formula is C15H13FO2S. The Morgan fingerprint density at radius 1 is 1.16 bits per heavy atom. The summed E-state index contributed by atoms with van der Waals surface area (Å²) in [6.45, 7) is 0. The van der Waals surface area contributed by atoms with Gasteiger partial charge in [-0.25, -0.2) is 9.18 Å². The molecule has 4 heteroatoms. The summed E-state index contributed by atoms with van der Waals surface area (Å²) < 4.78 is 13.2. The fourth-order valence-electron chi connectivity index (χ4n) is 1.69. The van der Waals surface area contributed by atoms with Gasteiger partial charge in [0.1, 0.15) is 5.82 Å².